The average molecular weight is 372 g/mol. The summed E-state index contributed by atoms with van der Waals surface area (Å²) in [6.45, 7) is -0.243. The van der Waals surface area contributed by atoms with Crippen LogP contribution < -0.4 is 10.1 Å². The minimum absolute atomic E-state index is 0.0373. The Hall–Kier alpha value is -1.61. The van der Waals surface area contributed by atoms with Gasteiger partial charge in [-0.05, 0) is 25.0 Å². The van der Waals surface area contributed by atoms with E-state index in [9.17, 15) is 13.6 Å². The van der Waals surface area contributed by atoms with Gasteiger partial charge in [0, 0.05) is 16.4 Å². The number of halogens is 3. The van der Waals surface area contributed by atoms with Gasteiger partial charge in [-0.15, -0.1) is 6.42 Å². The molecule has 22 heavy (non-hydrogen) atoms. The van der Waals surface area contributed by atoms with Gasteiger partial charge in [-0.3, -0.25) is 4.79 Å². The van der Waals surface area contributed by atoms with Gasteiger partial charge in [0.25, 0.3) is 5.91 Å². The molecular formula is C16H16BrF2NO2. The number of ether oxygens (including phenoxy) is 1. The predicted molar refractivity (Wildman–Crippen MR) is 83.1 cm³/mol. The Kier molecular flexibility index (Phi) is 5.78. The first kappa shape index (κ1) is 16.8. The Morgan fingerprint density at radius 2 is 2.00 bits per heavy atom. The molecule has 1 N–H and O–H groups in total. The second-order valence-corrected chi connectivity index (χ2v) is 6.32. The van der Waals surface area contributed by atoms with E-state index in [4.69, 9.17) is 11.2 Å². The molecule has 6 heteroatoms. The number of alkyl halides is 1. The molecule has 1 saturated carbocycles. The molecule has 0 heterocycles. The zero-order valence-electron chi connectivity index (χ0n) is 11.9. The smallest absolute Gasteiger partial charge is 0.251 e. The zero-order chi connectivity index (χ0) is 16.1. The molecule has 2 atom stereocenters. The van der Waals surface area contributed by atoms with Crippen molar-refractivity contribution in [2.75, 3.05) is 6.61 Å². The topological polar surface area (TPSA) is 38.3 Å². The van der Waals surface area contributed by atoms with Crippen LogP contribution >= 0.6 is 15.9 Å². The van der Waals surface area contributed by atoms with E-state index in [1.54, 1.807) is 0 Å². The van der Waals surface area contributed by atoms with Gasteiger partial charge < -0.3 is 10.1 Å². The summed E-state index contributed by atoms with van der Waals surface area (Å²) in [4.78, 5) is 12.3. The summed E-state index contributed by atoms with van der Waals surface area (Å²) in [5.74, 6) is -0.829. The molecule has 1 aromatic carbocycles. The minimum Gasteiger partial charge on any atom is -0.475 e. The fourth-order valence-electron chi connectivity index (χ4n) is 2.44. The number of hydrogen-bond acceptors (Lipinski definition) is 2. The maximum Gasteiger partial charge on any atom is 0.251 e. The molecule has 0 spiro atoms. The highest BCUT2D eigenvalue weighted by Gasteiger charge is 2.25. The Morgan fingerprint density at radius 1 is 1.36 bits per heavy atom. The third kappa shape index (κ3) is 3.98. The van der Waals surface area contributed by atoms with Gasteiger partial charge in [0.05, 0.1) is 0 Å². The lowest BCUT2D eigenvalue weighted by molar-refractivity contribution is 0.0928. The van der Waals surface area contributed by atoms with E-state index in [1.807, 2.05) is 0 Å². The van der Waals surface area contributed by atoms with Crippen LogP contribution in [0.3, 0.4) is 0 Å². The van der Waals surface area contributed by atoms with Gasteiger partial charge in [0.15, 0.2) is 17.4 Å². The molecule has 1 aliphatic carbocycles. The summed E-state index contributed by atoms with van der Waals surface area (Å²) in [6.07, 6.45) is 8.92. The van der Waals surface area contributed by atoms with Crippen molar-refractivity contribution in [2.45, 2.75) is 36.6 Å². The van der Waals surface area contributed by atoms with E-state index >= 15 is 0 Å². The fourth-order valence-corrected chi connectivity index (χ4v) is 3.16. The second kappa shape index (κ2) is 7.59. The molecule has 0 aromatic heterocycles. The largest absolute Gasteiger partial charge is 0.475 e. The molecule has 0 radical (unpaired) electrons. The molecule has 0 bridgehead atoms. The van der Waals surface area contributed by atoms with Crippen LogP contribution in [0.2, 0.25) is 0 Å². The van der Waals surface area contributed by atoms with E-state index in [0.717, 1.165) is 37.8 Å². The summed E-state index contributed by atoms with van der Waals surface area (Å²) < 4.78 is 32.4. The van der Waals surface area contributed by atoms with Gasteiger partial charge in [0.2, 0.25) is 0 Å². The molecule has 0 saturated heterocycles. The summed E-state index contributed by atoms with van der Waals surface area (Å²) in [7, 11) is 0. The van der Waals surface area contributed by atoms with E-state index in [0.29, 0.717) is 0 Å². The first-order valence-corrected chi connectivity index (χ1v) is 7.94. The number of carbonyl (C=O) groups excluding carboxylic acids is 1. The van der Waals surface area contributed by atoms with Gasteiger partial charge in [-0.1, -0.05) is 34.7 Å². The molecule has 2 rings (SSSR count). The predicted octanol–water partition coefficient (Wildman–Crippen LogP) is 3.41. The molecule has 1 fully saturated rings. The van der Waals surface area contributed by atoms with Crippen molar-refractivity contribution < 1.29 is 18.3 Å². The molecule has 1 aromatic rings. The monoisotopic (exact) mass is 371 g/mol. The van der Waals surface area contributed by atoms with E-state index in [-0.39, 0.29) is 23.0 Å². The van der Waals surface area contributed by atoms with Crippen LogP contribution in [-0.2, 0) is 0 Å². The maximum atomic E-state index is 13.8. The molecule has 1 amide bonds. The number of hydrogen-bond donors (Lipinski definition) is 1. The summed E-state index contributed by atoms with van der Waals surface area (Å²) >= 11 is 3.52. The highest BCUT2D eigenvalue weighted by Crippen LogP contribution is 2.26. The highest BCUT2D eigenvalue weighted by molar-refractivity contribution is 9.09. The van der Waals surface area contributed by atoms with Crippen LogP contribution in [0.5, 0.6) is 5.75 Å². The van der Waals surface area contributed by atoms with Crippen LogP contribution in [0.1, 0.15) is 36.0 Å². The first-order chi connectivity index (χ1) is 10.5. The molecule has 1 aliphatic rings. The highest BCUT2D eigenvalue weighted by atomic mass is 79.9. The third-order valence-corrected chi connectivity index (χ3v) is 4.65. The van der Waals surface area contributed by atoms with Crippen molar-refractivity contribution in [3.8, 4) is 18.1 Å². The van der Waals surface area contributed by atoms with Gasteiger partial charge in [-0.25, -0.2) is 8.78 Å². The maximum absolute atomic E-state index is 13.8. The lowest BCUT2D eigenvalue weighted by Gasteiger charge is -2.28. The van der Waals surface area contributed by atoms with Crippen molar-refractivity contribution in [3.05, 3.63) is 29.3 Å². The van der Waals surface area contributed by atoms with Crippen LogP contribution in [0.15, 0.2) is 12.1 Å². The first-order valence-electron chi connectivity index (χ1n) is 7.03. The SMILES string of the molecule is C#CCOc1c(F)cc(C(=O)NC2CCCCC2Br)cc1F. The molecular weight excluding hydrogens is 356 g/mol. The number of benzene rings is 1. The van der Waals surface area contributed by atoms with Crippen molar-refractivity contribution >= 4 is 21.8 Å². The number of nitrogens with one attached hydrogen (secondary N) is 1. The molecule has 118 valence electrons. The minimum atomic E-state index is -0.945. The summed E-state index contributed by atoms with van der Waals surface area (Å²) in [6, 6.07) is 1.87. The number of rotatable bonds is 4. The number of amides is 1. The summed E-state index contributed by atoms with van der Waals surface area (Å²) in [5, 5.41) is 2.81. The standard InChI is InChI=1S/C16H16BrF2NO2/c1-2-7-22-15-12(18)8-10(9-13(15)19)16(21)20-14-6-4-3-5-11(14)17/h1,8-9,11,14H,3-7H2,(H,20,21). The van der Waals surface area contributed by atoms with Gasteiger partial charge in [0.1, 0.15) is 6.61 Å². The van der Waals surface area contributed by atoms with Crippen LogP contribution in [0, 0.1) is 24.0 Å². The quantitative estimate of drug-likeness (QED) is 0.650. The molecule has 2 unspecified atom stereocenters. The van der Waals surface area contributed by atoms with Crippen LogP contribution in [0.4, 0.5) is 8.78 Å². The van der Waals surface area contributed by atoms with Crippen molar-refractivity contribution in [1.29, 1.82) is 0 Å². The van der Waals surface area contributed by atoms with Crippen LogP contribution in [-0.4, -0.2) is 23.4 Å². The van der Waals surface area contributed by atoms with E-state index < -0.39 is 23.3 Å². The van der Waals surface area contributed by atoms with Crippen LogP contribution in [0.25, 0.3) is 0 Å². The third-order valence-electron chi connectivity index (χ3n) is 3.56. The van der Waals surface area contributed by atoms with E-state index in [1.165, 1.54) is 0 Å². The lowest BCUT2D eigenvalue weighted by Crippen LogP contribution is -2.42. The molecule has 3 nitrogen and oxygen atoms in total. The fraction of sp³-hybridized carbons (Fsp3) is 0.438. The Balaban J connectivity index is 2.11. The van der Waals surface area contributed by atoms with Crippen molar-refractivity contribution in [2.24, 2.45) is 0 Å². The number of terminal acetylenes is 1. The van der Waals surface area contributed by atoms with E-state index in [2.05, 4.69) is 27.2 Å². The van der Waals surface area contributed by atoms with Gasteiger partial charge in [-0.2, -0.15) is 0 Å². The Bertz CT molecular complexity index is 577. The Labute approximate surface area is 136 Å². The lowest BCUT2D eigenvalue weighted by atomic mass is 9.95. The second-order valence-electron chi connectivity index (χ2n) is 5.14. The summed E-state index contributed by atoms with van der Waals surface area (Å²) in [5.41, 5.74) is -0.0756. The normalized spacial score (nSPS) is 21.0. The van der Waals surface area contributed by atoms with Crippen molar-refractivity contribution in [1.82, 2.24) is 5.32 Å². The van der Waals surface area contributed by atoms with Gasteiger partial charge >= 0.3 is 0 Å². The average Bonchev–Trinajstić information content (AvgIpc) is 2.48. The Morgan fingerprint density at radius 3 is 2.59 bits per heavy atom. The zero-order valence-corrected chi connectivity index (χ0v) is 13.5. The number of carbonyl (C=O) groups is 1. The molecule has 0 aliphatic heterocycles. The van der Waals surface area contributed by atoms with Crippen molar-refractivity contribution in [3.63, 3.8) is 0 Å².